The second-order valence-corrected chi connectivity index (χ2v) is 5.10. The average Bonchev–Trinajstić information content (AvgIpc) is 2.72. The molecule has 5 nitrogen and oxygen atoms in total. The van der Waals surface area contributed by atoms with Crippen LogP contribution in [0.4, 0.5) is 0 Å². The molecule has 2 rings (SSSR count). The Kier molecular flexibility index (Phi) is 5.61. The van der Waals surface area contributed by atoms with Crippen molar-refractivity contribution in [2.24, 2.45) is 7.05 Å². The molecule has 1 heterocycles. The minimum absolute atomic E-state index is 0.578. The number of benzene rings is 1. The van der Waals surface area contributed by atoms with Gasteiger partial charge in [0.2, 0.25) is 5.88 Å². The molecule has 1 N–H and O–H groups in total. The lowest BCUT2D eigenvalue weighted by Crippen LogP contribution is -2.19. The summed E-state index contributed by atoms with van der Waals surface area (Å²) in [5.41, 5.74) is 1.96. The van der Waals surface area contributed by atoms with E-state index in [1.54, 1.807) is 17.9 Å². The van der Waals surface area contributed by atoms with Gasteiger partial charge in [0.15, 0.2) is 0 Å². The minimum atomic E-state index is 0.578. The van der Waals surface area contributed by atoms with Crippen molar-refractivity contribution in [1.82, 2.24) is 15.1 Å². The maximum absolute atomic E-state index is 6.14. The van der Waals surface area contributed by atoms with E-state index in [4.69, 9.17) is 21.1 Å². The lowest BCUT2D eigenvalue weighted by molar-refractivity contribution is 0.199. The zero-order valence-electron chi connectivity index (χ0n) is 12.5. The van der Waals surface area contributed by atoms with Gasteiger partial charge in [-0.3, -0.25) is 0 Å². The highest BCUT2D eigenvalue weighted by Crippen LogP contribution is 2.31. The Bertz CT molecular complexity index is 599. The molecular formula is C15H20ClN3O2. The molecular weight excluding hydrogens is 290 g/mol. The first-order chi connectivity index (χ1) is 10.1. The van der Waals surface area contributed by atoms with E-state index in [9.17, 15) is 0 Å². The number of hydrogen-bond acceptors (Lipinski definition) is 4. The molecule has 0 saturated carbocycles. The fourth-order valence-electron chi connectivity index (χ4n) is 2.03. The van der Waals surface area contributed by atoms with E-state index in [1.807, 2.05) is 32.2 Å². The Morgan fingerprint density at radius 1 is 1.33 bits per heavy atom. The summed E-state index contributed by atoms with van der Waals surface area (Å²) in [6, 6.07) is 7.40. The summed E-state index contributed by atoms with van der Waals surface area (Å²) in [7, 11) is 3.54. The summed E-state index contributed by atoms with van der Waals surface area (Å²) in [6.07, 6.45) is 0. The molecule has 0 bridgehead atoms. The van der Waals surface area contributed by atoms with Crippen LogP contribution in [0.25, 0.3) is 0 Å². The van der Waals surface area contributed by atoms with Gasteiger partial charge in [0, 0.05) is 27.2 Å². The number of nitrogens with zero attached hydrogens (tertiary/aromatic N) is 2. The predicted molar refractivity (Wildman–Crippen MR) is 83.1 cm³/mol. The van der Waals surface area contributed by atoms with Crippen molar-refractivity contribution >= 4 is 11.6 Å². The van der Waals surface area contributed by atoms with E-state index in [-0.39, 0.29) is 0 Å². The van der Waals surface area contributed by atoms with Gasteiger partial charge in [-0.1, -0.05) is 23.7 Å². The Balaban J connectivity index is 2.16. The van der Waals surface area contributed by atoms with Crippen LogP contribution in [0.3, 0.4) is 0 Å². The van der Waals surface area contributed by atoms with Gasteiger partial charge in [0.05, 0.1) is 22.9 Å². The number of para-hydroxylation sites is 1. The molecule has 0 atom stereocenters. The first-order valence-corrected chi connectivity index (χ1v) is 7.15. The maximum Gasteiger partial charge on any atom is 0.222 e. The number of rotatable bonds is 7. The van der Waals surface area contributed by atoms with Gasteiger partial charge >= 0.3 is 0 Å². The molecule has 0 aliphatic rings. The molecule has 114 valence electrons. The second-order valence-electron chi connectivity index (χ2n) is 4.69. The van der Waals surface area contributed by atoms with Crippen LogP contribution in [0.15, 0.2) is 24.3 Å². The molecule has 0 aliphatic heterocycles. The molecule has 0 fully saturated rings. The minimum Gasteiger partial charge on any atom is -0.437 e. The Morgan fingerprint density at radius 2 is 2.10 bits per heavy atom. The second kappa shape index (κ2) is 7.45. The van der Waals surface area contributed by atoms with Crippen molar-refractivity contribution in [3.05, 3.63) is 40.5 Å². The molecule has 0 aliphatic carbocycles. The molecule has 21 heavy (non-hydrogen) atoms. The molecule has 2 aromatic rings. The molecule has 0 amide bonds. The third kappa shape index (κ3) is 3.97. The number of nitrogens with one attached hydrogen (secondary N) is 1. The Labute approximate surface area is 129 Å². The molecule has 0 spiro atoms. The topological polar surface area (TPSA) is 48.3 Å². The van der Waals surface area contributed by atoms with Crippen LogP contribution in [0.5, 0.6) is 11.6 Å². The van der Waals surface area contributed by atoms with Crippen LogP contribution < -0.4 is 10.1 Å². The van der Waals surface area contributed by atoms with E-state index >= 15 is 0 Å². The first kappa shape index (κ1) is 15.8. The highest BCUT2D eigenvalue weighted by Gasteiger charge is 2.16. The summed E-state index contributed by atoms with van der Waals surface area (Å²) in [5.74, 6) is 1.32. The smallest absolute Gasteiger partial charge is 0.222 e. The van der Waals surface area contributed by atoms with E-state index in [2.05, 4.69) is 10.4 Å². The number of aryl methyl sites for hydroxylation is 2. The SMILES string of the molecule is COCCNCc1c(C)nn(C)c1Oc1ccccc1Cl. The summed E-state index contributed by atoms with van der Waals surface area (Å²) in [5, 5.41) is 8.30. The fourth-order valence-corrected chi connectivity index (χ4v) is 2.21. The van der Waals surface area contributed by atoms with Crippen LogP contribution in [0.1, 0.15) is 11.3 Å². The van der Waals surface area contributed by atoms with Gasteiger partial charge in [-0.2, -0.15) is 5.10 Å². The molecule has 0 unspecified atom stereocenters. The van der Waals surface area contributed by atoms with Crippen LogP contribution >= 0.6 is 11.6 Å². The van der Waals surface area contributed by atoms with Crippen molar-refractivity contribution in [1.29, 1.82) is 0 Å². The van der Waals surface area contributed by atoms with Crippen molar-refractivity contribution in [2.45, 2.75) is 13.5 Å². The monoisotopic (exact) mass is 309 g/mol. The molecule has 1 aromatic carbocycles. The molecule has 6 heteroatoms. The van der Waals surface area contributed by atoms with Crippen molar-refractivity contribution in [3.63, 3.8) is 0 Å². The maximum atomic E-state index is 6.14. The summed E-state index contributed by atoms with van der Waals surface area (Å²) >= 11 is 6.14. The van der Waals surface area contributed by atoms with Crippen LogP contribution in [-0.4, -0.2) is 30.0 Å². The largest absolute Gasteiger partial charge is 0.437 e. The standard InChI is InChI=1S/C15H20ClN3O2/c1-11-12(10-17-8-9-20-3)15(19(2)18-11)21-14-7-5-4-6-13(14)16/h4-7,17H,8-10H2,1-3H3. The van der Waals surface area contributed by atoms with E-state index in [1.165, 1.54) is 0 Å². The Hall–Kier alpha value is -1.56. The molecule has 1 aromatic heterocycles. The van der Waals surface area contributed by atoms with Crippen molar-refractivity contribution < 1.29 is 9.47 Å². The first-order valence-electron chi connectivity index (χ1n) is 6.78. The molecule has 0 saturated heterocycles. The van der Waals surface area contributed by atoms with Gasteiger partial charge in [-0.05, 0) is 19.1 Å². The lowest BCUT2D eigenvalue weighted by Gasteiger charge is -2.10. The van der Waals surface area contributed by atoms with E-state index in [0.717, 1.165) is 17.8 Å². The van der Waals surface area contributed by atoms with Gasteiger partial charge in [0.1, 0.15) is 5.75 Å². The fraction of sp³-hybridized carbons (Fsp3) is 0.400. The summed E-state index contributed by atoms with van der Waals surface area (Å²) < 4.78 is 12.7. The van der Waals surface area contributed by atoms with Gasteiger partial charge < -0.3 is 14.8 Å². The number of ether oxygens (including phenoxy) is 2. The number of aromatic nitrogens is 2. The number of halogens is 1. The summed E-state index contributed by atoms with van der Waals surface area (Å²) in [6.45, 7) is 4.08. The molecule has 0 radical (unpaired) electrons. The van der Waals surface area contributed by atoms with Crippen LogP contribution in [0.2, 0.25) is 5.02 Å². The third-order valence-corrected chi connectivity index (χ3v) is 3.43. The zero-order valence-corrected chi connectivity index (χ0v) is 13.3. The Morgan fingerprint density at radius 3 is 2.81 bits per heavy atom. The number of methoxy groups -OCH3 is 1. The van der Waals surface area contributed by atoms with E-state index < -0.39 is 0 Å². The van der Waals surface area contributed by atoms with Gasteiger partial charge in [0.25, 0.3) is 0 Å². The lowest BCUT2D eigenvalue weighted by atomic mass is 10.2. The predicted octanol–water partition coefficient (Wildman–Crippen LogP) is 2.91. The zero-order chi connectivity index (χ0) is 15.2. The third-order valence-electron chi connectivity index (χ3n) is 3.12. The number of hydrogen-bond donors (Lipinski definition) is 1. The summed E-state index contributed by atoms with van der Waals surface area (Å²) in [4.78, 5) is 0. The normalized spacial score (nSPS) is 10.9. The van der Waals surface area contributed by atoms with Crippen molar-refractivity contribution in [3.8, 4) is 11.6 Å². The van der Waals surface area contributed by atoms with Crippen molar-refractivity contribution in [2.75, 3.05) is 20.3 Å². The average molecular weight is 310 g/mol. The van der Waals surface area contributed by atoms with Crippen LogP contribution in [-0.2, 0) is 18.3 Å². The van der Waals surface area contributed by atoms with Gasteiger partial charge in [-0.15, -0.1) is 0 Å². The van der Waals surface area contributed by atoms with E-state index in [0.29, 0.717) is 29.8 Å². The highest BCUT2D eigenvalue weighted by atomic mass is 35.5. The quantitative estimate of drug-likeness (QED) is 0.799. The van der Waals surface area contributed by atoms with Crippen LogP contribution in [0, 0.1) is 6.92 Å². The van der Waals surface area contributed by atoms with Gasteiger partial charge in [-0.25, -0.2) is 4.68 Å². The highest BCUT2D eigenvalue weighted by molar-refractivity contribution is 6.32.